The van der Waals surface area contributed by atoms with Crippen molar-refractivity contribution < 1.29 is 9.53 Å². The van der Waals surface area contributed by atoms with Gasteiger partial charge in [-0.15, -0.1) is 10.2 Å². The normalized spacial score (nSPS) is 10.9. The Labute approximate surface area is 201 Å². The van der Waals surface area contributed by atoms with E-state index in [9.17, 15) is 4.79 Å². The highest BCUT2D eigenvalue weighted by Crippen LogP contribution is 2.29. The van der Waals surface area contributed by atoms with Crippen molar-refractivity contribution in [3.8, 4) is 11.4 Å². The lowest BCUT2D eigenvalue weighted by Gasteiger charge is -2.12. The van der Waals surface area contributed by atoms with Crippen LogP contribution in [0.4, 0.5) is 5.69 Å². The number of hydrogen-bond donors (Lipinski definition) is 1. The first-order valence-corrected chi connectivity index (χ1v) is 11.7. The Bertz CT molecular complexity index is 1270. The van der Waals surface area contributed by atoms with Gasteiger partial charge in [0, 0.05) is 36.1 Å². The summed E-state index contributed by atoms with van der Waals surface area (Å²) in [4.78, 5) is 12.7. The van der Waals surface area contributed by atoms with Gasteiger partial charge in [0.1, 0.15) is 11.6 Å². The molecular formula is C24H24ClN5O2S. The number of carbonyl (C=O) groups excluding carboxylic acids is 1. The summed E-state index contributed by atoms with van der Waals surface area (Å²) < 4.78 is 9.37. The van der Waals surface area contributed by atoms with E-state index in [1.807, 2.05) is 55.1 Å². The summed E-state index contributed by atoms with van der Waals surface area (Å²) in [6, 6.07) is 17.3. The van der Waals surface area contributed by atoms with Gasteiger partial charge in [-0.2, -0.15) is 0 Å². The van der Waals surface area contributed by atoms with E-state index in [-0.39, 0.29) is 11.7 Å². The quantitative estimate of drug-likeness (QED) is 0.362. The average Bonchev–Trinajstić information content (AvgIpc) is 3.39. The lowest BCUT2D eigenvalue weighted by atomic mass is 10.2. The number of aryl methyl sites for hydroxylation is 2. The van der Waals surface area contributed by atoms with Crippen LogP contribution < -0.4 is 10.1 Å². The molecule has 2 aromatic heterocycles. The van der Waals surface area contributed by atoms with Crippen LogP contribution in [0.5, 0.6) is 5.75 Å². The van der Waals surface area contributed by atoms with Crippen LogP contribution in [0.1, 0.15) is 17.1 Å². The van der Waals surface area contributed by atoms with Crippen molar-refractivity contribution in [2.45, 2.75) is 18.5 Å². The third-order valence-electron chi connectivity index (χ3n) is 5.15. The van der Waals surface area contributed by atoms with Crippen molar-refractivity contribution in [2.24, 2.45) is 7.05 Å². The van der Waals surface area contributed by atoms with Crippen molar-refractivity contribution in [3.05, 3.63) is 82.9 Å². The highest BCUT2D eigenvalue weighted by Gasteiger charge is 2.18. The van der Waals surface area contributed by atoms with Crippen LogP contribution in [0.25, 0.3) is 5.69 Å². The molecular weight excluding hydrogens is 458 g/mol. The number of aromatic nitrogens is 4. The van der Waals surface area contributed by atoms with Gasteiger partial charge in [0.25, 0.3) is 0 Å². The maximum absolute atomic E-state index is 12.7. The van der Waals surface area contributed by atoms with E-state index in [0.29, 0.717) is 28.0 Å². The third kappa shape index (κ3) is 5.40. The molecule has 0 bridgehead atoms. The Morgan fingerprint density at radius 2 is 1.94 bits per heavy atom. The number of amides is 1. The van der Waals surface area contributed by atoms with Gasteiger partial charge >= 0.3 is 0 Å². The van der Waals surface area contributed by atoms with E-state index in [1.165, 1.54) is 17.3 Å². The fourth-order valence-electron chi connectivity index (χ4n) is 3.40. The monoisotopic (exact) mass is 481 g/mol. The summed E-state index contributed by atoms with van der Waals surface area (Å²) >= 11 is 7.39. The number of rotatable bonds is 8. The molecule has 2 heterocycles. The van der Waals surface area contributed by atoms with E-state index in [4.69, 9.17) is 16.3 Å². The van der Waals surface area contributed by atoms with Crippen molar-refractivity contribution >= 4 is 35.0 Å². The summed E-state index contributed by atoms with van der Waals surface area (Å²) in [5, 5.41) is 12.9. The molecule has 0 aliphatic rings. The van der Waals surface area contributed by atoms with Crippen molar-refractivity contribution in [2.75, 3.05) is 18.2 Å². The van der Waals surface area contributed by atoms with Gasteiger partial charge in [0.05, 0.1) is 18.6 Å². The summed E-state index contributed by atoms with van der Waals surface area (Å²) in [6.07, 6.45) is 2.63. The van der Waals surface area contributed by atoms with Crippen LogP contribution in [0, 0.1) is 6.92 Å². The Hall–Kier alpha value is -3.23. The number of nitrogens with one attached hydrogen (secondary N) is 1. The molecule has 0 atom stereocenters. The van der Waals surface area contributed by atoms with Crippen LogP contribution in [0.2, 0.25) is 5.02 Å². The Balaban J connectivity index is 1.56. The first-order valence-electron chi connectivity index (χ1n) is 10.3. The molecule has 0 spiro atoms. The minimum absolute atomic E-state index is 0.157. The average molecular weight is 482 g/mol. The minimum atomic E-state index is -0.192. The minimum Gasteiger partial charge on any atom is -0.495 e. The van der Waals surface area contributed by atoms with Gasteiger partial charge in [0.2, 0.25) is 5.91 Å². The second-order valence-electron chi connectivity index (χ2n) is 7.54. The molecule has 2 aromatic carbocycles. The van der Waals surface area contributed by atoms with E-state index >= 15 is 0 Å². The maximum atomic E-state index is 12.7. The predicted octanol–water partition coefficient (Wildman–Crippen LogP) is 4.90. The molecule has 33 heavy (non-hydrogen) atoms. The van der Waals surface area contributed by atoms with Gasteiger partial charge < -0.3 is 14.6 Å². The Morgan fingerprint density at radius 3 is 2.64 bits per heavy atom. The number of anilines is 1. The molecule has 0 aliphatic carbocycles. The van der Waals surface area contributed by atoms with Crippen LogP contribution in [-0.4, -0.2) is 38.1 Å². The van der Waals surface area contributed by atoms with Gasteiger partial charge in [0.15, 0.2) is 5.16 Å². The summed E-state index contributed by atoms with van der Waals surface area (Å²) in [7, 11) is 3.55. The smallest absolute Gasteiger partial charge is 0.234 e. The highest BCUT2D eigenvalue weighted by atomic mass is 35.5. The molecule has 0 fully saturated rings. The number of methoxy groups -OCH3 is 1. The molecule has 1 amide bonds. The van der Waals surface area contributed by atoms with Gasteiger partial charge in [-0.25, -0.2) is 0 Å². The van der Waals surface area contributed by atoms with E-state index in [0.717, 1.165) is 17.2 Å². The highest BCUT2D eigenvalue weighted by molar-refractivity contribution is 7.99. The lowest BCUT2D eigenvalue weighted by Crippen LogP contribution is -2.15. The fourth-order valence-corrected chi connectivity index (χ4v) is 4.34. The fraction of sp³-hybridized carbons (Fsp3) is 0.208. The summed E-state index contributed by atoms with van der Waals surface area (Å²) in [5.41, 5.74) is 3.77. The lowest BCUT2D eigenvalue weighted by molar-refractivity contribution is -0.113. The van der Waals surface area contributed by atoms with Crippen LogP contribution in [0.15, 0.2) is 66.0 Å². The number of nitrogens with zero attached hydrogens (tertiary/aromatic N) is 4. The van der Waals surface area contributed by atoms with Crippen LogP contribution in [-0.2, 0) is 18.3 Å². The number of ether oxygens (including phenoxy) is 1. The molecule has 4 rings (SSSR count). The maximum Gasteiger partial charge on any atom is 0.234 e. The standard InChI is InChI=1S/C24H24ClN5O2S/c1-16-6-9-18(10-7-16)30-22(14-19-5-4-12-29(19)2)27-28-24(30)33-15-23(31)26-20-13-17(25)8-11-21(20)32-3/h4-13H,14-15H2,1-3H3,(H,26,31). The molecule has 4 aromatic rings. The molecule has 9 heteroatoms. The Kier molecular flexibility index (Phi) is 7.05. The molecule has 0 radical (unpaired) electrons. The molecule has 170 valence electrons. The van der Waals surface area contributed by atoms with Crippen molar-refractivity contribution in [3.63, 3.8) is 0 Å². The molecule has 1 N–H and O–H groups in total. The SMILES string of the molecule is COc1ccc(Cl)cc1NC(=O)CSc1nnc(Cc2cccn2C)n1-c1ccc(C)cc1. The van der Waals surface area contributed by atoms with Gasteiger partial charge in [-0.05, 0) is 49.4 Å². The first-order chi connectivity index (χ1) is 15.9. The molecule has 7 nitrogen and oxygen atoms in total. The zero-order chi connectivity index (χ0) is 23.4. The van der Waals surface area contributed by atoms with Crippen molar-refractivity contribution in [1.82, 2.24) is 19.3 Å². The van der Waals surface area contributed by atoms with Crippen LogP contribution >= 0.6 is 23.4 Å². The number of benzene rings is 2. The zero-order valence-electron chi connectivity index (χ0n) is 18.6. The number of halogens is 1. The predicted molar refractivity (Wildman–Crippen MR) is 132 cm³/mol. The largest absolute Gasteiger partial charge is 0.495 e. The van der Waals surface area contributed by atoms with Crippen molar-refractivity contribution in [1.29, 1.82) is 0 Å². The number of hydrogen-bond acceptors (Lipinski definition) is 5. The topological polar surface area (TPSA) is 74.0 Å². The summed E-state index contributed by atoms with van der Waals surface area (Å²) in [5.74, 6) is 1.32. The summed E-state index contributed by atoms with van der Waals surface area (Å²) in [6.45, 7) is 2.05. The second-order valence-corrected chi connectivity index (χ2v) is 8.92. The molecule has 0 unspecified atom stereocenters. The first kappa shape index (κ1) is 22.9. The molecule has 0 saturated heterocycles. The van der Waals surface area contributed by atoms with Gasteiger partial charge in [-0.3, -0.25) is 9.36 Å². The van der Waals surface area contributed by atoms with Gasteiger partial charge in [-0.1, -0.05) is 41.1 Å². The van der Waals surface area contributed by atoms with E-state index < -0.39 is 0 Å². The Morgan fingerprint density at radius 1 is 1.15 bits per heavy atom. The van der Waals surface area contributed by atoms with E-state index in [1.54, 1.807) is 25.3 Å². The zero-order valence-corrected chi connectivity index (χ0v) is 20.2. The molecule has 0 aliphatic heterocycles. The van der Waals surface area contributed by atoms with E-state index in [2.05, 4.69) is 26.1 Å². The molecule has 0 saturated carbocycles. The second kappa shape index (κ2) is 10.1. The van der Waals surface area contributed by atoms with Crippen LogP contribution in [0.3, 0.4) is 0 Å². The third-order valence-corrected chi connectivity index (χ3v) is 6.32. The number of thioether (sulfide) groups is 1. The number of carbonyl (C=O) groups is 1.